The summed E-state index contributed by atoms with van der Waals surface area (Å²) in [5.74, 6) is 0.872. The number of nitrogens with zero attached hydrogens (tertiary/aromatic N) is 3. The van der Waals surface area contributed by atoms with Crippen LogP contribution in [0.1, 0.15) is 39.0 Å². The minimum Gasteiger partial charge on any atom is -0.385 e. The fourth-order valence-electron chi connectivity index (χ4n) is 3.92. The van der Waals surface area contributed by atoms with Gasteiger partial charge in [-0.05, 0) is 44.0 Å². The fourth-order valence-corrected chi connectivity index (χ4v) is 3.92. The zero-order chi connectivity index (χ0) is 19.9. The number of hydrogen-bond donors (Lipinski definition) is 3. The van der Waals surface area contributed by atoms with Gasteiger partial charge in [0.15, 0.2) is 5.82 Å². The van der Waals surface area contributed by atoms with Crippen LogP contribution in [0.15, 0.2) is 40.3 Å². The maximum Gasteiger partial charge on any atom is 0.154 e. The SMILES string of the molecule is CCCCCNc1ccc(-c2cc3c(c(N[C@H]4CCCNC4)n2)=NCCN=3)cc1. The second-order valence-electron chi connectivity index (χ2n) is 7.89. The van der Waals surface area contributed by atoms with Crippen LogP contribution in [0.2, 0.25) is 0 Å². The summed E-state index contributed by atoms with van der Waals surface area (Å²) in [6, 6.07) is 11.0. The van der Waals surface area contributed by atoms with Crippen LogP contribution in [-0.4, -0.2) is 43.7 Å². The Morgan fingerprint density at radius 3 is 2.76 bits per heavy atom. The molecule has 2 aliphatic heterocycles. The molecule has 1 fully saturated rings. The second kappa shape index (κ2) is 9.83. The molecule has 6 nitrogen and oxygen atoms in total. The van der Waals surface area contributed by atoms with Crippen LogP contribution in [0.4, 0.5) is 11.5 Å². The van der Waals surface area contributed by atoms with E-state index in [0.29, 0.717) is 6.04 Å². The maximum absolute atomic E-state index is 4.95. The Labute approximate surface area is 173 Å². The largest absolute Gasteiger partial charge is 0.385 e. The van der Waals surface area contributed by atoms with Crippen molar-refractivity contribution in [1.82, 2.24) is 10.3 Å². The third kappa shape index (κ3) is 5.12. The number of piperidine rings is 1. The summed E-state index contributed by atoms with van der Waals surface area (Å²) < 4.78 is 0. The Hall–Kier alpha value is -2.47. The van der Waals surface area contributed by atoms with Crippen LogP contribution < -0.4 is 26.7 Å². The normalized spacial score (nSPS) is 18.3. The van der Waals surface area contributed by atoms with Crippen molar-refractivity contribution in [3.63, 3.8) is 0 Å². The molecule has 3 N–H and O–H groups in total. The Morgan fingerprint density at radius 2 is 1.97 bits per heavy atom. The number of hydrogen-bond acceptors (Lipinski definition) is 6. The average molecular weight is 393 g/mol. The summed E-state index contributed by atoms with van der Waals surface area (Å²) >= 11 is 0. The first-order valence-corrected chi connectivity index (χ1v) is 11.0. The molecule has 0 bridgehead atoms. The van der Waals surface area contributed by atoms with Crippen LogP contribution in [0.3, 0.4) is 0 Å². The van der Waals surface area contributed by atoms with E-state index in [2.05, 4.69) is 53.2 Å². The Kier molecular flexibility index (Phi) is 6.72. The van der Waals surface area contributed by atoms with Crippen LogP contribution in [0.5, 0.6) is 0 Å². The molecule has 3 heterocycles. The predicted molar refractivity (Wildman–Crippen MR) is 119 cm³/mol. The summed E-state index contributed by atoms with van der Waals surface area (Å²) in [4.78, 5) is 14.4. The Morgan fingerprint density at radius 1 is 1.10 bits per heavy atom. The molecule has 1 atom stereocenters. The summed E-state index contributed by atoms with van der Waals surface area (Å²) in [5, 5.41) is 12.5. The molecule has 0 radical (unpaired) electrons. The van der Waals surface area contributed by atoms with E-state index in [4.69, 9.17) is 15.0 Å². The van der Waals surface area contributed by atoms with Gasteiger partial charge in [0.25, 0.3) is 0 Å². The van der Waals surface area contributed by atoms with Crippen molar-refractivity contribution in [3.05, 3.63) is 41.0 Å². The molecule has 0 unspecified atom stereocenters. The van der Waals surface area contributed by atoms with Gasteiger partial charge in [0, 0.05) is 30.4 Å². The smallest absolute Gasteiger partial charge is 0.154 e. The predicted octanol–water partition coefficient (Wildman–Crippen LogP) is 2.77. The van der Waals surface area contributed by atoms with Crippen LogP contribution >= 0.6 is 0 Å². The van der Waals surface area contributed by atoms with Gasteiger partial charge in [-0.2, -0.15) is 0 Å². The quantitative estimate of drug-likeness (QED) is 0.604. The van der Waals surface area contributed by atoms with E-state index in [1.165, 1.54) is 25.7 Å². The van der Waals surface area contributed by atoms with Gasteiger partial charge in [0.1, 0.15) is 5.36 Å². The standard InChI is InChI=1S/C23H32N6/c1-2-3-4-12-25-18-9-7-17(8-10-18)20-15-21-22(27-14-13-26-21)23(29-20)28-19-6-5-11-24-16-19/h7-10,15,19,24-25H,2-6,11-14,16H2,1H3,(H,28,29)/t19-/m0/s1. The maximum atomic E-state index is 4.95. The molecule has 154 valence electrons. The Bertz CT molecular complexity index is 916. The first kappa shape index (κ1) is 19.8. The molecule has 0 saturated carbocycles. The number of pyridine rings is 1. The molecule has 1 aromatic heterocycles. The van der Waals surface area contributed by atoms with E-state index in [1.54, 1.807) is 0 Å². The lowest BCUT2D eigenvalue weighted by atomic mass is 10.1. The summed E-state index contributed by atoms with van der Waals surface area (Å²) in [5.41, 5.74) is 3.22. The number of nitrogens with one attached hydrogen (secondary N) is 3. The van der Waals surface area contributed by atoms with Crippen molar-refractivity contribution in [3.8, 4) is 11.3 Å². The van der Waals surface area contributed by atoms with Gasteiger partial charge in [-0.25, -0.2) is 4.98 Å². The van der Waals surface area contributed by atoms with Gasteiger partial charge in [-0.3, -0.25) is 9.98 Å². The zero-order valence-electron chi connectivity index (χ0n) is 17.4. The van der Waals surface area contributed by atoms with Crippen LogP contribution in [-0.2, 0) is 0 Å². The van der Waals surface area contributed by atoms with Gasteiger partial charge >= 0.3 is 0 Å². The highest BCUT2D eigenvalue weighted by molar-refractivity contribution is 5.64. The third-order valence-electron chi connectivity index (χ3n) is 5.55. The van der Waals surface area contributed by atoms with Crippen molar-refractivity contribution >= 4 is 11.5 Å². The lowest BCUT2D eigenvalue weighted by molar-refractivity contribution is 0.478. The molecule has 1 saturated heterocycles. The Balaban J connectivity index is 1.56. The first-order valence-electron chi connectivity index (χ1n) is 11.0. The fraction of sp³-hybridized carbons (Fsp3) is 0.522. The van der Waals surface area contributed by atoms with Crippen molar-refractivity contribution in [2.45, 2.75) is 45.1 Å². The topological polar surface area (TPSA) is 73.7 Å². The molecule has 2 aliphatic rings. The van der Waals surface area contributed by atoms with Gasteiger partial charge < -0.3 is 16.0 Å². The molecule has 1 aromatic carbocycles. The number of benzene rings is 1. The van der Waals surface area contributed by atoms with E-state index in [1.807, 2.05) is 0 Å². The zero-order valence-corrected chi connectivity index (χ0v) is 17.4. The highest BCUT2D eigenvalue weighted by atomic mass is 15.1. The lowest BCUT2D eigenvalue weighted by Gasteiger charge is -2.24. The van der Waals surface area contributed by atoms with Gasteiger partial charge in [-0.1, -0.05) is 31.9 Å². The summed E-state index contributed by atoms with van der Waals surface area (Å²) in [6.45, 7) is 6.81. The molecular formula is C23H32N6. The van der Waals surface area contributed by atoms with Crippen molar-refractivity contribution in [2.75, 3.05) is 43.4 Å². The number of aromatic nitrogens is 1. The van der Waals surface area contributed by atoms with Gasteiger partial charge in [0.2, 0.25) is 0 Å². The molecule has 0 aliphatic carbocycles. The van der Waals surface area contributed by atoms with E-state index in [0.717, 1.165) is 72.6 Å². The van der Waals surface area contributed by atoms with E-state index >= 15 is 0 Å². The van der Waals surface area contributed by atoms with Gasteiger partial charge in [-0.15, -0.1) is 0 Å². The minimum absolute atomic E-state index is 0.391. The number of rotatable bonds is 8. The van der Waals surface area contributed by atoms with Crippen molar-refractivity contribution in [1.29, 1.82) is 0 Å². The van der Waals surface area contributed by atoms with Crippen molar-refractivity contribution in [2.24, 2.45) is 9.98 Å². The molecule has 4 rings (SSSR count). The molecule has 2 aromatic rings. The highest BCUT2D eigenvalue weighted by Crippen LogP contribution is 2.20. The van der Waals surface area contributed by atoms with Crippen LogP contribution in [0.25, 0.3) is 11.3 Å². The van der Waals surface area contributed by atoms with E-state index < -0.39 is 0 Å². The lowest BCUT2D eigenvalue weighted by Crippen LogP contribution is -2.42. The molecule has 29 heavy (non-hydrogen) atoms. The molecule has 6 heteroatoms. The monoisotopic (exact) mass is 392 g/mol. The molecule has 0 amide bonds. The van der Waals surface area contributed by atoms with Crippen LogP contribution in [0, 0.1) is 0 Å². The van der Waals surface area contributed by atoms with E-state index in [-0.39, 0.29) is 0 Å². The number of unbranched alkanes of at least 4 members (excludes halogenated alkanes) is 2. The summed E-state index contributed by atoms with van der Waals surface area (Å²) in [7, 11) is 0. The minimum atomic E-state index is 0.391. The highest BCUT2D eigenvalue weighted by Gasteiger charge is 2.16. The van der Waals surface area contributed by atoms with E-state index in [9.17, 15) is 0 Å². The van der Waals surface area contributed by atoms with Crippen molar-refractivity contribution < 1.29 is 0 Å². The van der Waals surface area contributed by atoms with Gasteiger partial charge in [0.05, 0.1) is 24.1 Å². The second-order valence-corrected chi connectivity index (χ2v) is 7.89. The average Bonchev–Trinajstić information content (AvgIpc) is 2.78. The number of fused-ring (bicyclic) bond motifs is 1. The first-order chi connectivity index (χ1) is 14.3. The molecule has 0 spiro atoms. The third-order valence-corrected chi connectivity index (χ3v) is 5.55. The summed E-state index contributed by atoms with van der Waals surface area (Å²) in [6.07, 6.45) is 6.07. The molecular weight excluding hydrogens is 360 g/mol. The number of anilines is 2.